The highest BCUT2D eigenvalue weighted by molar-refractivity contribution is 7.07. The number of anilines is 1. The van der Waals surface area contributed by atoms with Crippen molar-refractivity contribution in [3.8, 4) is 17.0 Å². The van der Waals surface area contributed by atoms with E-state index in [1.807, 2.05) is 28.1 Å². The van der Waals surface area contributed by atoms with Crippen molar-refractivity contribution in [2.75, 3.05) is 11.9 Å². The Labute approximate surface area is 202 Å². The number of rotatable bonds is 5. The molecule has 34 heavy (non-hydrogen) atoms. The molecule has 0 unspecified atom stereocenters. The highest BCUT2D eigenvalue weighted by atomic mass is 35.5. The molecule has 0 saturated heterocycles. The highest BCUT2D eigenvalue weighted by Crippen LogP contribution is 2.33. The van der Waals surface area contributed by atoms with Crippen molar-refractivity contribution in [1.29, 1.82) is 0 Å². The molecular weight excluding hydrogens is 480 g/mol. The maximum Gasteiger partial charge on any atom is 0.262 e. The Hall–Kier alpha value is -3.49. The number of aromatic nitrogens is 1. The van der Waals surface area contributed by atoms with Gasteiger partial charge >= 0.3 is 0 Å². The van der Waals surface area contributed by atoms with Gasteiger partial charge in [-0.15, -0.1) is 11.3 Å². The van der Waals surface area contributed by atoms with Crippen molar-refractivity contribution in [2.24, 2.45) is 4.99 Å². The van der Waals surface area contributed by atoms with Crippen LogP contribution in [0, 0.1) is 11.6 Å². The number of hydrogen-bond acceptors (Lipinski definition) is 4. The molecular formula is C25H18ClF2N3O2S. The molecule has 0 bridgehead atoms. The van der Waals surface area contributed by atoms with E-state index in [0.717, 1.165) is 16.8 Å². The van der Waals surface area contributed by atoms with Crippen LogP contribution in [0.3, 0.4) is 0 Å². The molecule has 0 radical (unpaired) electrons. The third-order valence-electron chi connectivity index (χ3n) is 5.37. The van der Waals surface area contributed by atoms with Gasteiger partial charge in [-0.2, -0.15) is 0 Å². The zero-order valence-electron chi connectivity index (χ0n) is 17.7. The van der Waals surface area contributed by atoms with Crippen LogP contribution in [-0.2, 0) is 17.8 Å². The number of halogens is 3. The minimum absolute atomic E-state index is 0.0108. The summed E-state index contributed by atoms with van der Waals surface area (Å²) >= 11 is 7.22. The van der Waals surface area contributed by atoms with Crippen LogP contribution in [0.25, 0.3) is 11.3 Å². The number of benzene rings is 3. The summed E-state index contributed by atoms with van der Waals surface area (Å²) in [7, 11) is 0. The van der Waals surface area contributed by atoms with E-state index in [0.29, 0.717) is 34.9 Å². The van der Waals surface area contributed by atoms with Gasteiger partial charge < -0.3 is 14.6 Å². The Morgan fingerprint density at radius 3 is 2.71 bits per heavy atom. The lowest BCUT2D eigenvalue weighted by Crippen LogP contribution is -2.25. The van der Waals surface area contributed by atoms with E-state index >= 15 is 0 Å². The van der Waals surface area contributed by atoms with Crippen molar-refractivity contribution < 1.29 is 18.3 Å². The second-order valence-electron chi connectivity index (χ2n) is 7.69. The van der Waals surface area contributed by atoms with Crippen LogP contribution in [0.4, 0.5) is 20.2 Å². The standard InChI is InChI=1S/C25H18ClF2N3O2S/c26-19-7-6-18(12-20(19)28)29-25-31(10-9-15-1-4-17(27)5-2-15)22(14-34-25)16-3-8-23-21(11-16)30-24(32)13-33-23/h1-8,11-12,14H,9-10,13H2,(H,30,32). The number of hydrogen-bond donors (Lipinski definition) is 1. The number of ether oxygens (including phenoxy) is 1. The molecule has 1 amide bonds. The quantitative estimate of drug-likeness (QED) is 0.370. The summed E-state index contributed by atoms with van der Waals surface area (Å²) in [6, 6.07) is 16.4. The predicted octanol–water partition coefficient (Wildman–Crippen LogP) is 5.95. The second kappa shape index (κ2) is 9.40. The average Bonchev–Trinajstić information content (AvgIpc) is 3.23. The molecule has 9 heteroatoms. The molecule has 1 aliphatic rings. The molecule has 4 aromatic rings. The molecule has 0 spiro atoms. The molecule has 2 heterocycles. The summed E-state index contributed by atoms with van der Waals surface area (Å²) in [4.78, 5) is 17.1. The summed E-state index contributed by atoms with van der Waals surface area (Å²) in [6.45, 7) is 0.544. The van der Waals surface area contributed by atoms with E-state index in [9.17, 15) is 13.6 Å². The topological polar surface area (TPSA) is 55.6 Å². The fraction of sp³-hybridized carbons (Fsp3) is 0.120. The molecule has 5 nitrogen and oxygen atoms in total. The van der Waals surface area contributed by atoms with Gasteiger partial charge in [0.15, 0.2) is 11.4 Å². The third kappa shape index (κ3) is 4.73. The van der Waals surface area contributed by atoms with Gasteiger partial charge in [0, 0.05) is 23.6 Å². The number of thiazole rings is 1. The molecule has 0 aliphatic carbocycles. The summed E-state index contributed by atoms with van der Waals surface area (Å²) in [5.41, 5.74) is 3.76. The first-order chi connectivity index (χ1) is 16.5. The van der Waals surface area contributed by atoms with Crippen molar-refractivity contribution in [2.45, 2.75) is 13.0 Å². The lowest BCUT2D eigenvalue weighted by Gasteiger charge is -2.19. The van der Waals surface area contributed by atoms with Gasteiger partial charge in [0.2, 0.25) is 0 Å². The van der Waals surface area contributed by atoms with Crippen LogP contribution in [0.5, 0.6) is 5.75 Å². The van der Waals surface area contributed by atoms with Crippen molar-refractivity contribution in [1.82, 2.24) is 4.57 Å². The number of carbonyl (C=O) groups excluding carboxylic acids is 1. The smallest absolute Gasteiger partial charge is 0.262 e. The first-order valence-corrected chi connectivity index (χ1v) is 11.7. The van der Waals surface area contributed by atoms with Crippen LogP contribution in [0.15, 0.2) is 71.0 Å². The fourth-order valence-corrected chi connectivity index (χ4v) is 4.74. The molecule has 3 aromatic carbocycles. The largest absolute Gasteiger partial charge is 0.482 e. The highest BCUT2D eigenvalue weighted by Gasteiger charge is 2.18. The molecule has 1 aliphatic heterocycles. The summed E-state index contributed by atoms with van der Waals surface area (Å²) in [6.07, 6.45) is 0.636. The van der Waals surface area contributed by atoms with Crippen molar-refractivity contribution >= 4 is 40.2 Å². The van der Waals surface area contributed by atoms with E-state index in [-0.39, 0.29) is 23.4 Å². The Morgan fingerprint density at radius 2 is 1.91 bits per heavy atom. The SMILES string of the molecule is O=C1COc2ccc(-c3csc(=Nc4ccc(Cl)c(F)c4)n3CCc3ccc(F)cc3)cc2N1. The second-order valence-corrected chi connectivity index (χ2v) is 8.93. The van der Waals surface area contributed by atoms with Crippen molar-refractivity contribution in [3.05, 3.63) is 93.1 Å². The van der Waals surface area contributed by atoms with Crippen LogP contribution in [-0.4, -0.2) is 17.1 Å². The monoisotopic (exact) mass is 497 g/mol. The van der Waals surface area contributed by atoms with Crippen LogP contribution in [0.1, 0.15) is 5.56 Å². The first-order valence-electron chi connectivity index (χ1n) is 10.5. The normalized spacial score (nSPS) is 13.4. The van der Waals surface area contributed by atoms with Crippen LogP contribution >= 0.6 is 22.9 Å². The summed E-state index contributed by atoms with van der Waals surface area (Å²) in [5.74, 6) is -0.424. The van der Waals surface area contributed by atoms with Gasteiger partial charge in [0.1, 0.15) is 17.4 Å². The fourth-order valence-electron chi connectivity index (χ4n) is 3.66. The molecule has 0 saturated carbocycles. The molecule has 0 atom stereocenters. The van der Waals surface area contributed by atoms with Crippen LogP contribution in [0.2, 0.25) is 5.02 Å². The minimum Gasteiger partial charge on any atom is -0.482 e. The zero-order chi connectivity index (χ0) is 23.7. The van der Waals surface area contributed by atoms with Gasteiger partial charge in [-0.1, -0.05) is 23.7 Å². The number of nitrogens with one attached hydrogen (secondary N) is 1. The maximum atomic E-state index is 14.0. The van der Waals surface area contributed by atoms with Crippen LogP contribution < -0.4 is 14.9 Å². The Kier molecular flexibility index (Phi) is 6.17. The van der Waals surface area contributed by atoms with Gasteiger partial charge in [0.05, 0.1) is 22.1 Å². The first kappa shape index (κ1) is 22.3. The Morgan fingerprint density at radius 1 is 1.09 bits per heavy atom. The van der Waals surface area contributed by atoms with E-state index in [4.69, 9.17) is 16.3 Å². The van der Waals surface area contributed by atoms with E-state index in [1.54, 1.807) is 18.2 Å². The van der Waals surface area contributed by atoms with E-state index < -0.39 is 5.82 Å². The van der Waals surface area contributed by atoms with Gasteiger partial charge in [-0.3, -0.25) is 4.79 Å². The minimum atomic E-state index is -0.539. The van der Waals surface area contributed by atoms with E-state index in [1.165, 1.54) is 35.6 Å². The number of amides is 1. The molecule has 0 fully saturated rings. The summed E-state index contributed by atoms with van der Waals surface area (Å²) in [5, 5.41) is 4.82. The summed E-state index contributed by atoms with van der Waals surface area (Å²) < 4.78 is 34.8. The van der Waals surface area contributed by atoms with Gasteiger partial charge in [-0.25, -0.2) is 13.8 Å². The zero-order valence-corrected chi connectivity index (χ0v) is 19.3. The number of aryl methyl sites for hydroxylation is 1. The van der Waals surface area contributed by atoms with Gasteiger partial charge in [0.25, 0.3) is 5.91 Å². The third-order valence-corrected chi connectivity index (χ3v) is 6.54. The number of fused-ring (bicyclic) bond motifs is 1. The van der Waals surface area contributed by atoms with Gasteiger partial charge in [-0.05, 0) is 54.4 Å². The average molecular weight is 498 g/mol. The molecule has 1 N–H and O–H groups in total. The number of nitrogens with zero attached hydrogens (tertiary/aromatic N) is 2. The molecule has 1 aromatic heterocycles. The predicted molar refractivity (Wildman–Crippen MR) is 129 cm³/mol. The Balaban J connectivity index is 1.56. The maximum absolute atomic E-state index is 14.0. The Bertz CT molecular complexity index is 1450. The van der Waals surface area contributed by atoms with Crippen molar-refractivity contribution in [3.63, 3.8) is 0 Å². The lowest BCUT2D eigenvalue weighted by molar-refractivity contribution is -0.118. The van der Waals surface area contributed by atoms with E-state index in [2.05, 4.69) is 10.3 Å². The molecule has 172 valence electrons. The molecule has 5 rings (SSSR count). The lowest BCUT2D eigenvalue weighted by atomic mass is 10.1. The number of carbonyl (C=O) groups is 1.